The molecular formula is C15H22N2O. The predicted molar refractivity (Wildman–Crippen MR) is 73.6 cm³/mol. The van der Waals surface area contributed by atoms with E-state index in [-0.39, 0.29) is 23.4 Å². The van der Waals surface area contributed by atoms with E-state index in [0.29, 0.717) is 0 Å². The highest BCUT2D eigenvalue weighted by Crippen LogP contribution is 2.26. The first-order chi connectivity index (χ1) is 8.38. The largest absolute Gasteiger partial charge is 0.349 e. The van der Waals surface area contributed by atoms with Gasteiger partial charge in [-0.1, -0.05) is 39.0 Å². The van der Waals surface area contributed by atoms with E-state index in [4.69, 9.17) is 5.73 Å². The van der Waals surface area contributed by atoms with Crippen LogP contribution in [0.3, 0.4) is 0 Å². The van der Waals surface area contributed by atoms with E-state index in [1.54, 1.807) is 0 Å². The minimum Gasteiger partial charge on any atom is -0.349 e. The molecule has 0 bridgehead atoms. The van der Waals surface area contributed by atoms with Crippen molar-refractivity contribution in [2.45, 2.75) is 51.1 Å². The number of rotatable bonds is 2. The number of hydrogen-bond donors (Lipinski definition) is 2. The van der Waals surface area contributed by atoms with Crippen LogP contribution in [0.4, 0.5) is 0 Å². The van der Waals surface area contributed by atoms with E-state index in [0.717, 1.165) is 24.0 Å². The summed E-state index contributed by atoms with van der Waals surface area (Å²) in [7, 11) is 0. The third kappa shape index (κ3) is 2.72. The predicted octanol–water partition coefficient (Wildman–Crippen LogP) is 2.20. The van der Waals surface area contributed by atoms with E-state index in [9.17, 15) is 4.79 Å². The van der Waals surface area contributed by atoms with Crippen LogP contribution in [0.5, 0.6) is 0 Å². The molecule has 1 aliphatic carbocycles. The minimum atomic E-state index is -0.0239. The van der Waals surface area contributed by atoms with Crippen molar-refractivity contribution in [3.63, 3.8) is 0 Å². The molecule has 98 valence electrons. The summed E-state index contributed by atoms with van der Waals surface area (Å²) < 4.78 is 0. The number of amides is 1. The van der Waals surface area contributed by atoms with Crippen LogP contribution in [-0.2, 0) is 5.41 Å². The monoisotopic (exact) mass is 246 g/mol. The molecule has 1 aliphatic rings. The maximum absolute atomic E-state index is 12.3. The second kappa shape index (κ2) is 4.73. The van der Waals surface area contributed by atoms with Crippen molar-refractivity contribution < 1.29 is 4.79 Å². The van der Waals surface area contributed by atoms with Gasteiger partial charge >= 0.3 is 0 Å². The van der Waals surface area contributed by atoms with Gasteiger partial charge in [-0.3, -0.25) is 4.79 Å². The Labute approximate surface area is 109 Å². The summed E-state index contributed by atoms with van der Waals surface area (Å²) >= 11 is 0. The number of nitrogens with two attached hydrogens (primary N) is 1. The Morgan fingerprint density at radius 1 is 1.28 bits per heavy atom. The standard InChI is InChI=1S/C15H22N2O/c1-15(2,3)13-7-5-4-6-12(13)14(18)17-11-8-10(16)9-11/h4-7,10-11H,8-9,16H2,1-3H3,(H,17,18). The molecule has 1 fully saturated rings. The van der Waals surface area contributed by atoms with Gasteiger partial charge < -0.3 is 11.1 Å². The fourth-order valence-electron chi connectivity index (χ4n) is 2.38. The van der Waals surface area contributed by atoms with Crippen molar-refractivity contribution in [1.29, 1.82) is 0 Å². The van der Waals surface area contributed by atoms with Gasteiger partial charge in [0.25, 0.3) is 5.91 Å². The SMILES string of the molecule is CC(C)(C)c1ccccc1C(=O)NC1CC(N)C1. The lowest BCUT2D eigenvalue weighted by Crippen LogP contribution is -2.50. The first-order valence-electron chi connectivity index (χ1n) is 6.54. The number of carbonyl (C=O) groups excluding carboxylic acids is 1. The van der Waals surface area contributed by atoms with Crippen molar-refractivity contribution in [1.82, 2.24) is 5.32 Å². The summed E-state index contributed by atoms with van der Waals surface area (Å²) in [6.45, 7) is 6.37. The molecule has 0 unspecified atom stereocenters. The van der Waals surface area contributed by atoms with Crippen molar-refractivity contribution in [3.8, 4) is 0 Å². The lowest BCUT2D eigenvalue weighted by atomic mass is 9.83. The molecule has 0 aliphatic heterocycles. The van der Waals surface area contributed by atoms with Crippen molar-refractivity contribution in [3.05, 3.63) is 35.4 Å². The van der Waals surface area contributed by atoms with Crippen LogP contribution in [0.25, 0.3) is 0 Å². The Hall–Kier alpha value is -1.35. The summed E-state index contributed by atoms with van der Waals surface area (Å²) in [5.41, 5.74) is 7.58. The fourth-order valence-corrected chi connectivity index (χ4v) is 2.38. The second-order valence-electron chi connectivity index (χ2n) is 6.20. The Kier molecular flexibility index (Phi) is 3.44. The fraction of sp³-hybridized carbons (Fsp3) is 0.533. The van der Waals surface area contributed by atoms with Crippen LogP contribution in [0.2, 0.25) is 0 Å². The maximum atomic E-state index is 12.3. The molecule has 1 saturated carbocycles. The lowest BCUT2D eigenvalue weighted by molar-refractivity contribution is 0.0908. The summed E-state index contributed by atoms with van der Waals surface area (Å²) in [5, 5.41) is 3.06. The van der Waals surface area contributed by atoms with Gasteiger partial charge in [-0.2, -0.15) is 0 Å². The smallest absolute Gasteiger partial charge is 0.251 e. The molecule has 18 heavy (non-hydrogen) atoms. The quantitative estimate of drug-likeness (QED) is 0.840. The highest BCUT2D eigenvalue weighted by Gasteiger charge is 2.29. The molecule has 0 radical (unpaired) electrons. The van der Waals surface area contributed by atoms with Crippen molar-refractivity contribution in [2.24, 2.45) is 5.73 Å². The normalized spacial score (nSPS) is 23.3. The van der Waals surface area contributed by atoms with Gasteiger partial charge in [0, 0.05) is 17.6 Å². The topological polar surface area (TPSA) is 55.1 Å². The van der Waals surface area contributed by atoms with Crippen LogP contribution in [0.1, 0.15) is 49.5 Å². The average Bonchev–Trinajstić information content (AvgIpc) is 2.26. The number of hydrogen-bond acceptors (Lipinski definition) is 2. The number of carbonyl (C=O) groups is 1. The highest BCUT2D eigenvalue weighted by atomic mass is 16.1. The molecule has 1 amide bonds. The van der Waals surface area contributed by atoms with Gasteiger partial charge in [0.15, 0.2) is 0 Å². The van der Waals surface area contributed by atoms with Gasteiger partial charge in [-0.25, -0.2) is 0 Å². The molecule has 0 spiro atoms. The number of nitrogens with one attached hydrogen (secondary N) is 1. The van der Waals surface area contributed by atoms with Gasteiger partial charge in [0.1, 0.15) is 0 Å². The molecule has 1 aromatic rings. The van der Waals surface area contributed by atoms with Gasteiger partial charge in [-0.05, 0) is 29.9 Å². The molecule has 0 aromatic heterocycles. The zero-order valence-corrected chi connectivity index (χ0v) is 11.4. The Bertz CT molecular complexity index is 442. The Morgan fingerprint density at radius 3 is 2.44 bits per heavy atom. The molecule has 3 heteroatoms. The van der Waals surface area contributed by atoms with E-state index in [1.807, 2.05) is 24.3 Å². The van der Waals surface area contributed by atoms with Crippen LogP contribution in [0, 0.1) is 0 Å². The molecule has 0 atom stereocenters. The van der Waals surface area contributed by atoms with E-state index in [2.05, 4.69) is 26.1 Å². The Morgan fingerprint density at radius 2 is 1.89 bits per heavy atom. The van der Waals surface area contributed by atoms with Crippen LogP contribution < -0.4 is 11.1 Å². The van der Waals surface area contributed by atoms with Crippen LogP contribution in [0.15, 0.2) is 24.3 Å². The molecule has 0 heterocycles. The molecular weight excluding hydrogens is 224 g/mol. The molecule has 0 saturated heterocycles. The van der Waals surface area contributed by atoms with Gasteiger partial charge in [-0.15, -0.1) is 0 Å². The maximum Gasteiger partial charge on any atom is 0.251 e. The summed E-state index contributed by atoms with van der Waals surface area (Å²) in [4.78, 5) is 12.3. The van der Waals surface area contributed by atoms with E-state index >= 15 is 0 Å². The zero-order chi connectivity index (χ0) is 13.3. The van der Waals surface area contributed by atoms with Gasteiger partial charge in [0.05, 0.1) is 0 Å². The Balaban J connectivity index is 2.15. The summed E-state index contributed by atoms with van der Waals surface area (Å²) in [5.74, 6) is 0.0254. The molecule has 1 aromatic carbocycles. The first kappa shape index (κ1) is 13.1. The zero-order valence-electron chi connectivity index (χ0n) is 11.4. The molecule has 3 nitrogen and oxygen atoms in total. The second-order valence-corrected chi connectivity index (χ2v) is 6.20. The van der Waals surface area contributed by atoms with E-state index in [1.165, 1.54) is 0 Å². The highest BCUT2D eigenvalue weighted by molar-refractivity contribution is 5.96. The molecule has 2 rings (SSSR count). The molecule has 3 N–H and O–H groups in total. The number of benzene rings is 1. The van der Waals surface area contributed by atoms with Crippen molar-refractivity contribution >= 4 is 5.91 Å². The lowest BCUT2D eigenvalue weighted by Gasteiger charge is -2.33. The van der Waals surface area contributed by atoms with Crippen molar-refractivity contribution in [2.75, 3.05) is 0 Å². The van der Waals surface area contributed by atoms with E-state index < -0.39 is 0 Å². The first-order valence-corrected chi connectivity index (χ1v) is 6.54. The third-order valence-corrected chi connectivity index (χ3v) is 3.49. The minimum absolute atomic E-state index is 0.0239. The summed E-state index contributed by atoms with van der Waals surface area (Å²) in [6.07, 6.45) is 1.78. The summed E-state index contributed by atoms with van der Waals surface area (Å²) in [6, 6.07) is 8.33. The van der Waals surface area contributed by atoms with Crippen LogP contribution >= 0.6 is 0 Å². The average molecular weight is 246 g/mol. The van der Waals surface area contributed by atoms with Crippen LogP contribution in [-0.4, -0.2) is 18.0 Å². The third-order valence-electron chi connectivity index (χ3n) is 3.49. The van der Waals surface area contributed by atoms with Gasteiger partial charge in [0.2, 0.25) is 0 Å².